The van der Waals surface area contributed by atoms with Crippen molar-refractivity contribution >= 4 is 39.1 Å². The molecule has 7 heteroatoms. The highest BCUT2D eigenvalue weighted by atomic mass is 79.9. The Morgan fingerprint density at radius 3 is 2.96 bits per heavy atom. The van der Waals surface area contributed by atoms with Gasteiger partial charge in [0.05, 0.1) is 12.3 Å². The van der Waals surface area contributed by atoms with E-state index in [2.05, 4.69) is 21.2 Å². The van der Waals surface area contributed by atoms with Gasteiger partial charge in [-0.2, -0.15) is 0 Å². The second-order valence-electron chi connectivity index (χ2n) is 5.56. The van der Waals surface area contributed by atoms with Crippen molar-refractivity contribution in [2.75, 3.05) is 30.5 Å². The number of rotatable bonds is 5. The Labute approximate surface area is 153 Å². The maximum absolute atomic E-state index is 12.4. The van der Waals surface area contributed by atoms with E-state index >= 15 is 0 Å². The van der Waals surface area contributed by atoms with Crippen molar-refractivity contribution in [2.24, 2.45) is 0 Å². The fourth-order valence-corrected chi connectivity index (χ4v) is 2.94. The van der Waals surface area contributed by atoms with Gasteiger partial charge in [0.15, 0.2) is 6.61 Å². The molecule has 2 amide bonds. The topological polar surface area (TPSA) is 67.9 Å². The number of carbonyl (C=O) groups is 2. The van der Waals surface area contributed by atoms with Gasteiger partial charge >= 0.3 is 0 Å². The van der Waals surface area contributed by atoms with Gasteiger partial charge in [0.25, 0.3) is 5.91 Å². The predicted molar refractivity (Wildman–Crippen MR) is 97.8 cm³/mol. The minimum atomic E-state index is -0.279. The molecule has 0 spiro atoms. The van der Waals surface area contributed by atoms with Crippen LogP contribution in [-0.2, 0) is 20.9 Å². The number of methoxy groups -OCH3 is 1. The SMILES string of the molecule is COCc1cccc(NC(=O)CN2C(=O)COc3cc(Br)ccc32)c1. The van der Waals surface area contributed by atoms with Crippen LogP contribution in [0.4, 0.5) is 11.4 Å². The average molecular weight is 405 g/mol. The van der Waals surface area contributed by atoms with Gasteiger partial charge in [-0.15, -0.1) is 0 Å². The minimum absolute atomic E-state index is 0.0780. The molecule has 1 aliphatic heterocycles. The fourth-order valence-electron chi connectivity index (χ4n) is 2.60. The van der Waals surface area contributed by atoms with Crippen LogP contribution in [0.2, 0.25) is 0 Å². The highest BCUT2D eigenvalue weighted by molar-refractivity contribution is 9.10. The lowest BCUT2D eigenvalue weighted by Crippen LogP contribution is -2.43. The van der Waals surface area contributed by atoms with E-state index in [-0.39, 0.29) is 25.0 Å². The van der Waals surface area contributed by atoms with Crippen LogP contribution < -0.4 is 15.0 Å². The number of ether oxygens (including phenoxy) is 2. The third kappa shape index (κ3) is 4.18. The smallest absolute Gasteiger partial charge is 0.265 e. The summed E-state index contributed by atoms with van der Waals surface area (Å²) in [6.45, 7) is 0.305. The van der Waals surface area contributed by atoms with Gasteiger partial charge in [-0.3, -0.25) is 14.5 Å². The van der Waals surface area contributed by atoms with Crippen LogP contribution in [-0.4, -0.2) is 32.1 Å². The van der Waals surface area contributed by atoms with Crippen molar-refractivity contribution in [1.29, 1.82) is 0 Å². The first-order chi connectivity index (χ1) is 12.1. The largest absolute Gasteiger partial charge is 0.482 e. The summed E-state index contributed by atoms with van der Waals surface area (Å²) in [5.41, 5.74) is 2.21. The summed E-state index contributed by atoms with van der Waals surface area (Å²) in [4.78, 5) is 26.0. The summed E-state index contributed by atoms with van der Waals surface area (Å²) in [5, 5.41) is 2.81. The summed E-state index contributed by atoms with van der Waals surface area (Å²) >= 11 is 3.37. The van der Waals surface area contributed by atoms with Crippen LogP contribution in [0.25, 0.3) is 0 Å². The number of fused-ring (bicyclic) bond motifs is 1. The molecule has 0 unspecified atom stereocenters. The molecular formula is C18H17BrN2O4. The van der Waals surface area contributed by atoms with E-state index in [1.165, 1.54) is 4.90 Å². The molecule has 0 aromatic heterocycles. The molecular weight excluding hydrogens is 388 g/mol. The van der Waals surface area contributed by atoms with Crippen LogP contribution in [0.15, 0.2) is 46.9 Å². The second kappa shape index (κ2) is 7.67. The summed E-state index contributed by atoms with van der Waals surface area (Å²) in [7, 11) is 1.62. The third-order valence-electron chi connectivity index (χ3n) is 3.69. The lowest BCUT2D eigenvalue weighted by molar-refractivity contribution is -0.123. The quantitative estimate of drug-likeness (QED) is 0.831. The van der Waals surface area contributed by atoms with Gasteiger partial charge < -0.3 is 14.8 Å². The minimum Gasteiger partial charge on any atom is -0.482 e. The van der Waals surface area contributed by atoms with Crippen LogP contribution in [0, 0.1) is 0 Å². The molecule has 3 rings (SSSR count). The second-order valence-corrected chi connectivity index (χ2v) is 6.48. The summed E-state index contributed by atoms with van der Waals surface area (Å²) < 4.78 is 11.4. The number of carbonyl (C=O) groups excluding carboxylic acids is 2. The van der Waals surface area contributed by atoms with Crippen molar-refractivity contribution in [3.05, 3.63) is 52.5 Å². The first kappa shape index (κ1) is 17.4. The monoisotopic (exact) mass is 404 g/mol. The van der Waals surface area contributed by atoms with Crippen molar-refractivity contribution in [3.8, 4) is 5.75 Å². The molecule has 2 aromatic carbocycles. The number of amides is 2. The van der Waals surface area contributed by atoms with E-state index in [9.17, 15) is 9.59 Å². The summed E-state index contributed by atoms with van der Waals surface area (Å²) in [6, 6.07) is 12.7. The molecule has 1 N–H and O–H groups in total. The van der Waals surface area contributed by atoms with Gasteiger partial charge in [0, 0.05) is 17.3 Å². The Hall–Kier alpha value is -2.38. The van der Waals surface area contributed by atoms with Crippen LogP contribution >= 0.6 is 15.9 Å². The van der Waals surface area contributed by atoms with E-state index in [1.54, 1.807) is 31.4 Å². The fraction of sp³-hybridized carbons (Fsp3) is 0.222. The predicted octanol–water partition coefficient (Wildman–Crippen LogP) is 2.96. The summed E-state index contributed by atoms with van der Waals surface area (Å²) in [5.74, 6) is 0.0423. The van der Waals surface area contributed by atoms with Gasteiger partial charge in [-0.05, 0) is 35.9 Å². The van der Waals surface area contributed by atoms with Gasteiger partial charge in [0.2, 0.25) is 5.91 Å². The van der Waals surface area contributed by atoms with E-state index < -0.39 is 0 Å². The highest BCUT2D eigenvalue weighted by Crippen LogP contribution is 2.34. The molecule has 2 aromatic rings. The van der Waals surface area contributed by atoms with Gasteiger partial charge in [-0.25, -0.2) is 0 Å². The zero-order chi connectivity index (χ0) is 17.8. The third-order valence-corrected chi connectivity index (χ3v) is 4.18. The molecule has 6 nitrogen and oxygen atoms in total. The zero-order valence-electron chi connectivity index (χ0n) is 13.6. The summed E-state index contributed by atoms with van der Waals surface area (Å²) in [6.07, 6.45) is 0. The molecule has 0 radical (unpaired) electrons. The molecule has 0 saturated heterocycles. The van der Waals surface area contributed by atoms with Crippen molar-refractivity contribution in [3.63, 3.8) is 0 Å². The van der Waals surface area contributed by atoms with Gasteiger partial charge in [0.1, 0.15) is 12.3 Å². The molecule has 0 aliphatic carbocycles. The first-order valence-electron chi connectivity index (χ1n) is 7.67. The van der Waals surface area contributed by atoms with Crippen LogP contribution in [0.1, 0.15) is 5.56 Å². The van der Waals surface area contributed by atoms with E-state index in [0.717, 1.165) is 10.0 Å². The Morgan fingerprint density at radius 1 is 1.32 bits per heavy atom. The molecule has 130 valence electrons. The number of anilines is 2. The Morgan fingerprint density at radius 2 is 2.16 bits per heavy atom. The lowest BCUT2D eigenvalue weighted by Gasteiger charge is -2.29. The molecule has 25 heavy (non-hydrogen) atoms. The Kier molecular flexibility index (Phi) is 5.35. The maximum Gasteiger partial charge on any atom is 0.265 e. The van der Waals surface area contributed by atoms with E-state index in [0.29, 0.717) is 23.7 Å². The van der Waals surface area contributed by atoms with Crippen LogP contribution in [0.3, 0.4) is 0 Å². The number of hydrogen-bond donors (Lipinski definition) is 1. The Balaban J connectivity index is 1.73. The molecule has 0 atom stereocenters. The lowest BCUT2D eigenvalue weighted by atomic mass is 10.2. The van der Waals surface area contributed by atoms with Gasteiger partial charge in [-0.1, -0.05) is 28.1 Å². The van der Waals surface area contributed by atoms with E-state index in [4.69, 9.17) is 9.47 Å². The van der Waals surface area contributed by atoms with Crippen molar-refractivity contribution in [2.45, 2.75) is 6.61 Å². The number of halogens is 1. The Bertz CT molecular complexity index is 809. The zero-order valence-corrected chi connectivity index (χ0v) is 15.2. The molecule has 1 aliphatic rings. The van der Waals surface area contributed by atoms with E-state index in [1.807, 2.05) is 18.2 Å². The highest BCUT2D eigenvalue weighted by Gasteiger charge is 2.27. The number of nitrogens with one attached hydrogen (secondary N) is 1. The average Bonchev–Trinajstić information content (AvgIpc) is 2.58. The molecule has 0 fully saturated rings. The normalized spacial score (nSPS) is 13.2. The molecule has 0 saturated carbocycles. The van der Waals surface area contributed by atoms with Crippen LogP contribution in [0.5, 0.6) is 5.75 Å². The maximum atomic E-state index is 12.4. The molecule has 0 bridgehead atoms. The van der Waals surface area contributed by atoms with Crippen molar-refractivity contribution in [1.82, 2.24) is 0 Å². The first-order valence-corrected chi connectivity index (χ1v) is 8.46. The number of hydrogen-bond acceptors (Lipinski definition) is 4. The standard InChI is InChI=1S/C18H17BrN2O4/c1-24-10-12-3-2-4-14(7-12)20-17(22)9-21-15-6-5-13(19)8-16(15)25-11-18(21)23/h2-8H,9-11H2,1H3,(H,20,22). The number of benzene rings is 2. The van der Waals surface area contributed by atoms with Crippen molar-refractivity contribution < 1.29 is 19.1 Å². The molecule has 1 heterocycles. The number of nitrogens with zero attached hydrogens (tertiary/aromatic N) is 1.